The highest BCUT2D eigenvalue weighted by Crippen LogP contribution is 2.25. The minimum Gasteiger partial charge on any atom is -0.382 e. The fourth-order valence-corrected chi connectivity index (χ4v) is 2.99. The van der Waals surface area contributed by atoms with Crippen LogP contribution in [0.2, 0.25) is 5.02 Å². The van der Waals surface area contributed by atoms with Crippen molar-refractivity contribution in [2.24, 2.45) is 11.7 Å². The minimum atomic E-state index is -0.495. The number of carbonyl (C=O) groups is 1. The van der Waals surface area contributed by atoms with E-state index in [2.05, 4.69) is 24.2 Å². The first-order chi connectivity index (χ1) is 9.47. The van der Waals surface area contributed by atoms with Gasteiger partial charge in [0.05, 0.1) is 10.6 Å². The average Bonchev–Trinajstić information content (AvgIpc) is 2.39. The number of anilines is 1. The third kappa shape index (κ3) is 3.64. The number of hydrogen-bond acceptors (Lipinski definition) is 3. The molecule has 3 N–H and O–H groups in total. The summed E-state index contributed by atoms with van der Waals surface area (Å²) in [6, 6.07) is 5.69. The number of halogens is 1. The van der Waals surface area contributed by atoms with Gasteiger partial charge in [-0.25, -0.2) is 0 Å². The minimum absolute atomic E-state index is 0.365. The summed E-state index contributed by atoms with van der Waals surface area (Å²) in [4.78, 5) is 13.5. The average molecular weight is 296 g/mol. The van der Waals surface area contributed by atoms with Crippen molar-refractivity contribution in [2.75, 3.05) is 25.5 Å². The molecule has 1 atom stereocenters. The van der Waals surface area contributed by atoms with Crippen molar-refractivity contribution in [1.82, 2.24) is 4.90 Å². The lowest BCUT2D eigenvalue weighted by molar-refractivity contribution is 0.100. The standard InChI is InChI=1S/C15H22ClN3O/c1-10(11-5-7-19(2)8-6-11)18-12-3-4-13(15(17)20)14(16)9-12/h3-4,9-11,18H,5-8H2,1-2H3,(H2,17,20). The summed E-state index contributed by atoms with van der Waals surface area (Å²) in [6.07, 6.45) is 2.41. The smallest absolute Gasteiger partial charge is 0.250 e. The zero-order chi connectivity index (χ0) is 14.7. The van der Waals surface area contributed by atoms with Gasteiger partial charge in [-0.1, -0.05) is 11.6 Å². The third-order valence-electron chi connectivity index (χ3n) is 4.10. The number of rotatable bonds is 4. The topological polar surface area (TPSA) is 58.4 Å². The Morgan fingerprint density at radius 3 is 2.65 bits per heavy atom. The Morgan fingerprint density at radius 2 is 2.10 bits per heavy atom. The van der Waals surface area contributed by atoms with Crippen molar-refractivity contribution in [3.63, 3.8) is 0 Å². The highest BCUT2D eigenvalue weighted by atomic mass is 35.5. The van der Waals surface area contributed by atoms with Crippen molar-refractivity contribution < 1.29 is 4.79 Å². The van der Waals surface area contributed by atoms with E-state index in [0.717, 1.165) is 18.8 Å². The number of piperidine rings is 1. The summed E-state index contributed by atoms with van der Waals surface area (Å²) in [5.74, 6) is 0.172. The number of nitrogens with one attached hydrogen (secondary N) is 1. The maximum Gasteiger partial charge on any atom is 0.250 e. The molecular weight excluding hydrogens is 274 g/mol. The summed E-state index contributed by atoms with van der Waals surface area (Å²) in [5, 5.41) is 3.88. The molecule has 1 amide bonds. The first kappa shape index (κ1) is 15.1. The van der Waals surface area contributed by atoms with E-state index in [4.69, 9.17) is 17.3 Å². The fraction of sp³-hybridized carbons (Fsp3) is 0.533. The summed E-state index contributed by atoms with van der Waals surface area (Å²) < 4.78 is 0. The van der Waals surface area contributed by atoms with Gasteiger partial charge in [-0.05, 0) is 64.0 Å². The molecule has 1 aromatic rings. The number of primary amides is 1. The van der Waals surface area contributed by atoms with Crippen LogP contribution in [0.1, 0.15) is 30.1 Å². The molecule has 1 heterocycles. The number of hydrogen-bond donors (Lipinski definition) is 2. The first-order valence-corrected chi connectivity index (χ1v) is 7.39. The number of likely N-dealkylation sites (tertiary alicyclic amines) is 1. The highest BCUT2D eigenvalue weighted by molar-refractivity contribution is 6.34. The molecule has 0 aliphatic carbocycles. The van der Waals surface area contributed by atoms with E-state index in [9.17, 15) is 4.79 Å². The van der Waals surface area contributed by atoms with Gasteiger partial charge >= 0.3 is 0 Å². The molecule has 2 rings (SSSR count). The van der Waals surface area contributed by atoms with Crippen LogP contribution in [-0.2, 0) is 0 Å². The molecular formula is C15H22ClN3O. The van der Waals surface area contributed by atoms with Gasteiger partial charge in [0.1, 0.15) is 0 Å². The zero-order valence-electron chi connectivity index (χ0n) is 12.0. The van der Waals surface area contributed by atoms with Crippen LogP contribution in [0.15, 0.2) is 18.2 Å². The Bertz CT molecular complexity index is 484. The van der Waals surface area contributed by atoms with Crippen molar-refractivity contribution >= 4 is 23.2 Å². The second kappa shape index (κ2) is 6.46. The van der Waals surface area contributed by atoms with Crippen LogP contribution in [0.25, 0.3) is 0 Å². The molecule has 0 radical (unpaired) electrons. The molecule has 0 saturated carbocycles. The quantitative estimate of drug-likeness (QED) is 0.897. The number of amides is 1. The van der Waals surface area contributed by atoms with Crippen molar-refractivity contribution in [1.29, 1.82) is 0 Å². The van der Waals surface area contributed by atoms with E-state index >= 15 is 0 Å². The Balaban J connectivity index is 1.99. The largest absolute Gasteiger partial charge is 0.382 e. The van der Waals surface area contributed by atoms with Gasteiger partial charge < -0.3 is 16.0 Å². The molecule has 0 bridgehead atoms. The zero-order valence-corrected chi connectivity index (χ0v) is 12.8. The summed E-state index contributed by atoms with van der Waals surface area (Å²) in [6.45, 7) is 4.50. The Hall–Kier alpha value is -1.26. The van der Waals surface area contributed by atoms with Gasteiger partial charge in [0.2, 0.25) is 5.91 Å². The van der Waals surface area contributed by atoms with Crippen molar-refractivity contribution in [2.45, 2.75) is 25.8 Å². The molecule has 1 aliphatic rings. The number of nitrogens with two attached hydrogens (primary N) is 1. The Labute approximate surface area is 125 Å². The summed E-state index contributed by atoms with van der Waals surface area (Å²) in [7, 11) is 2.16. The van der Waals surface area contributed by atoms with Gasteiger partial charge in [0.25, 0.3) is 0 Å². The van der Waals surface area contributed by atoms with Crippen LogP contribution in [0, 0.1) is 5.92 Å². The molecule has 1 saturated heterocycles. The Morgan fingerprint density at radius 1 is 1.45 bits per heavy atom. The monoisotopic (exact) mass is 295 g/mol. The fourth-order valence-electron chi connectivity index (χ4n) is 2.71. The number of benzene rings is 1. The van der Waals surface area contributed by atoms with E-state index in [1.165, 1.54) is 12.8 Å². The van der Waals surface area contributed by atoms with E-state index in [1.807, 2.05) is 6.07 Å². The summed E-state index contributed by atoms with van der Waals surface area (Å²) >= 11 is 6.07. The molecule has 1 aliphatic heterocycles. The Kier molecular flexibility index (Phi) is 4.89. The second-order valence-corrected chi connectivity index (χ2v) is 6.04. The molecule has 1 aromatic carbocycles. The highest BCUT2D eigenvalue weighted by Gasteiger charge is 2.22. The van der Waals surface area contributed by atoms with Crippen LogP contribution < -0.4 is 11.1 Å². The van der Waals surface area contributed by atoms with Crippen LogP contribution >= 0.6 is 11.6 Å². The third-order valence-corrected chi connectivity index (χ3v) is 4.41. The molecule has 1 unspecified atom stereocenters. The van der Waals surface area contributed by atoms with E-state index in [-0.39, 0.29) is 0 Å². The molecule has 4 nitrogen and oxygen atoms in total. The maximum absolute atomic E-state index is 11.1. The van der Waals surface area contributed by atoms with E-state index < -0.39 is 5.91 Å². The van der Waals surface area contributed by atoms with Crippen LogP contribution in [-0.4, -0.2) is 37.0 Å². The van der Waals surface area contributed by atoms with Crippen LogP contribution in [0.4, 0.5) is 5.69 Å². The maximum atomic E-state index is 11.1. The van der Waals surface area contributed by atoms with Crippen LogP contribution in [0.5, 0.6) is 0 Å². The predicted octanol–water partition coefficient (Wildman–Crippen LogP) is 2.58. The van der Waals surface area contributed by atoms with Gasteiger partial charge in [-0.15, -0.1) is 0 Å². The second-order valence-electron chi connectivity index (χ2n) is 5.63. The van der Waals surface area contributed by atoms with Crippen molar-refractivity contribution in [3.05, 3.63) is 28.8 Å². The predicted molar refractivity (Wildman–Crippen MR) is 83.3 cm³/mol. The first-order valence-electron chi connectivity index (χ1n) is 7.02. The van der Waals surface area contributed by atoms with E-state index in [1.54, 1.807) is 12.1 Å². The van der Waals surface area contributed by atoms with Gasteiger partial charge in [0.15, 0.2) is 0 Å². The lowest BCUT2D eigenvalue weighted by Crippen LogP contribution is -2.37. The van der Waals surface area contributed by atoms with Crippen molar-refractivity contribution in [3.8, 4) is 0 Å². The SMILES string of the molecule is CC(Nc1ccc(C(N)=O)c(Cl)c1)C1CCN(C)CC1. The molecule has 0 spiro atoms. The molecule has 110 valence electrons. The van der Waals surface area contributed by atoms with E-state index in [0.29, 0.717) is 22.5 Å². The summed E-state index contributed by atoms with van der Waals surface area (Å²) in [5.41, 5.74) is 6.55. The molecule has 0 aromatic heterocycles. The van der Waals surface area contributed by atoms with Gasteiger partial charge in [-0.2, -0.15) is 0 Å². The molecule has 5 heteroatoms. The number of carbonyl (C=O) groups excluding carboxylic acids is 1. The van der Waals surface area contributed by atoms with Gasteiger partial charge in [0, 0.05) is 11.7 Å². The normalized spacial score (nSPS) is 18.8. The van der Waals surface area contributed by atoms with Crippen LogP contribution in [0.3, 0.4) is 0 Å². The molecule has 1 fully saturated rings. The lowest BCUT2D eigenvalue weighted by atomic mass is 9.90. The van der Waals surface area contributed by atoms with Gasteiger partial charge in [-0.3, -0.25) is 4.79 Å². The lowest BCUT2D eigenvalue weighted by Gasteiger charge is -2.33. The number of nitrogens with zero attached hydrogens (tertiary/aromatic N) is 1. The molecule has 20 heavy (non-hydrogen) atoms.